The molecule has 6 nitrogen and oxygen atoms in total. The maximum absolute atomic E-state index is 12.5. The van der Waals surface area contributed by atoms with Gasteiger partial charge in [0.2, 0.25) is 0 Å². The number of carbonyl (C=O) groups excluding carboxylic acids is 1. The highest BCUT2D eigenvalue weighted by Crippen LogP contribution is 2.32. The zero-order valence-corrected chi connectivity index (χ0v) is 14.6. The highest BCUT2D eigenvalue weighted by Gasteiger charge is 2.35. The summed E-state index contributed by atoms with van der Waals surface area (Å²) in [7, 11) is 0. The molecule has 0 aliphatic carbocycles. The van der Waals surface area contributed by atoms with E-state index in [0.717, 1.165) is 16.8 Å². The van der Waals surface area contributed by atoms with Crippen LogP contribution < -0.4 is 5.32 Å². The summed E-state index contributed by atoms with van der Waals surface area (Å²) in [4.78, 5) is 22.7. The molecule has 3 heterocycles. The molecule has 3 rings (SSSR count). The second-order valence-electron chi connectivity index (χ2n) is 6.64. The first-order valence-corrected chi connectivity index (χ1v) is 8.59. The molecule has 0 spiro atoms. The Morgan fingerprint density at radius 3 is 2.64 bits per heavy atom. The molecule has 25 heavy (non-hydrogen) atoms. The molecule has 0 saturated carbocycles. The van der Waals surface area contributed by atoms with Gasteiger partial charge in [0.25, 0.3) is 0 Å². The fourth-order valence-electron chi connectivity index (χ4n) is 3.30. The van der Waals surface area contributed by atoms with E-state index in [1.54, 1.807) is 23.5 Å². The molecule has 0 radical (unpaired) electrons. The molecule has 0 bridgehead atoms. The van der Waals surface area contributed by atoms with E-state index in [0.29, 0.717) is 25.9 Å². The van der Waals surface area contributed by atoms with Crippen LogP contribution in [-0.2, 0) is 5.60 Å². The highest BCUT2D eigenvalue weighted by atomic mass is 16.3. The van der Waals surface area contributed by atoms with Crippen molar-refractivity contribution in [2.24, 2.45) is 0 Å². The number of rotatable bonds is 3. The van der Waals surface area contributed by atoms with Crippen molar-refractivity contribution in [3.63, 3.8) is 0 Å². The van der Waals surface area contributed by atoms with Gasteiger partial charge >= 0.3 is 6.03 Å². The molecule has 2 N–H and O–H groups in total. The van der Waals surface area contributed by atoms with Crippen LogP contribution in [-0.4, -0.2) is 39.1 Å². The smallest absolute Gasteiger partial charge is 0.317 e. The van der Waals surface area contributed by atoms with Crippen LogP contribution in [0.25, 0.3) is 0 Å². The average Bonchev–Trinajstić information content (AvgIpc) is 2.63. The van der Waals surface area contributed by atoms with Gasteiger partial charge in [0.15, 0.2) is 0 Å². The van der Waals surface area contributed by atoms with Gasteiger partial charge in [-0.2, -0.15) is 0 Å². The van der Waals surface area contributed by atoms with Crippen molar-refractivity contribution in [1.29, 1.82) is 0 Å². The van der Waals surface area contributed by atoms with E-state index in [4.69, 9.17) is 0 Å². The first-order valence-electron chi connectivity index (χ1n) is 8.59. The number of aliphatic hydroxyl groups is 1. The third kappa shape index (κ3) is 3.79. The highest BCUT2D eigenvalue weighted by molar-refractivity contribution is 5.74. The predicted molar refractivity (Wildman–Crippen MR) is 94.9 cm³/mol. The fraction of sp³-hybridized carbons (Fsp3) is 0.421. The van der Waals surface area contributed by atoms with Crippen LogP contribution in [0.3, 0.4) is 0 Å². The molecule has 2 aromatic rings. The number of aryl methyl sites for hydroxylation is 1. The molecule has 0 aromatic carbocycles. The summed E-state index contributed by atoms with van der Waals surface area (Å²) >= 11 is 0. The van der Waals surface area contributed by atoms with Crippen molar-refractivity contribution in [3.05, 3.63) is 59.7 Å². The van der Waals surface area contributed by atoms with Crippen LogP contribution in [0.2, 0.25) is 0 Å². The first kappa shape index (κ1) is 17.4. The number of hydrogen-bond acceptors (Lipinski definition) is 4. The molecular formula is C19H24N4O2. The summed E-state index contributed by atoms with van der Waals surface area (Å²) < 4.78 is 0. The molecule has 1 saturated heterocycles. The maximum atomic E-state index is 12.5. The summed E-state index contributed by atoms with van der Waals surface area (Å²) in [6.07, 6.45) is 6.13. The molecule has 1 fully saturated rings. The van der Waals surface area contributed by atoms with E-state index < -0.39 is 5.60 Å². The second-order valence-corrected chi connectivity index (χ2v) is 6.64. The number of amides is 2. The molecule has 2 amide bonds. The minimum Gasteiger partial charge on any atom is -0.385 e. The Bertz CT molecular complexity index is 727. The maximum Gasteiger partial charge on any atom is 0.317 e. The third-order valence-corrected chi connectivity index (χ3v) is 4.88. The van der Waals surface area contributed by atoms with Crippen LogP contribution in [0.4, 0.5) is 4.79 Å². The molecule has 1 aliphatic rings. The Labute approximate surface area is 147 Å². The lowest BCUT2D eigenvalue weighted by Crippen LogP contribution is -2.49. The number of pyridine rings is 2. The third-order valence-electron chi connectivity index (χ3n) is 4.88. The van der Waals surface area contributed by atoms with Gasteiger partial charge in [-0.3, -0.25) is 9.97 Å². The number of aromatic nitrogens is 2. The first-order chi connectivity index (χ1) is 12.0. The summed E-state index contributed by atoms with van der Waals surface area (Å²) in [5, 5.41) is 13.8. The van der Waals surface area contributed by atoms with Gasteiger partial charge < -0.3 is 15.3 Å². The Balaban J connectivity index is 1.59. The van der Waals surface area contributed by atoms with Crippen molar-refractivity contribution in [2.75, 3.05) is 13.1 Å². The van der Waals surface area contributed by atoms with E-state index in [9.17, 15) is 9.90 Å². The van der Waals surface area contributed by atoms with Gasteiger partial charge in [-0.15, -0.1) is 0 Å². The molecular weight excluding hydrogens is 316 g/mol. The van der Waals surface area contributed by atoms with Crippen molar-refractivity contribution < 1.29 is 9.90 Å². The van der Waals surface area contributed by atoms with Gasteiger partial charge in [0.05, 0.1) is 17.3 Å². The lowest BCUT2D eigenvalue weighted by atomic mass is 9.85. The molecule has 6 heteroatoms. The summed E-state index contributed by atoms with van der Waals surface area (Å²) in [5.41, 5.74) is 1.83. The van der Waals surface area contributed by atoms with Crippen molar-refractivity contribution in [3.8, 4) is 0 Å². The van der Waals surface area contributed by atoms with E-state index >= 15 is 0 Å². The standard InChI is InChI=1S/C19H24N4O2/c1-14-5-3-10-21-17(14)15(2)22-18(24)23-11-7-19(25,8-12-23)16-6-4-9-20-13-16/h3-6,9-10,13,15,25H,7-8,11-12H2,1-2H3,(H,22,24)/t15-/m1/s1. The molecule has 1 atom stereocenters. The quantitative estimate of drug-likeness (QED) is 0.900. The largest absolute Gasteiger partial charge is 0.385 e. The summed E-state index contributed by atoms with van der Waals surface area (Å²) in [5.74, 6) is 0. The minimum absolute atomic E-state index is 0.120. The molecule has 132 valence electrons. The van der Waals surface area contributed by atoms with E-state index in [-0.39, 0.29) is 12.1 Å². The lowest BCUT2D eigenvalue weighted by Gasteiger charge is -2.38. The molecule has 2 aromatic heterocycles. The van der Waals surface area contributed by atoms with Gasteiger partial charge in [0.1, 0.15) is 0 Å². The Hall–Kier alpha value is -2.47. The van der Waals surface area contributed by atoms with Gasteiger partial charge in [0, 0.05) is 37.2 Å². The Kier molecular flexibility index (Phi) is 4.99. The van der Waals surface area contributed by atoms with Crippen LogP contribution in [0.5, 0.6) is 0 Å². The molecule has 1 aliphatic heterocycles. The monoisotopic (exact) mass is 340 g/mol. The molecule has 0 unspecified atom stereocenters. The van der Waals surface area contributed by atoms with Gasteiger partial charge in [-0.1, -0.05) is 12.1 Å². The van der Waals surface area contributed by atoms with E-state index in [1.807, 2.05) is 38.1 Å². The van der Waals surface area contributed by atoms with Crippen LogP contribution in [0, 0.1) is 6.92 Å². The normalized spacial score (nSPS) is 17.8. The number of nitrogens with one attached hydrogen (secondary N) is 1. The number of urea groups is 1. The lowest BCUT2D eigenvalue weighted by molar-refractivity contribution is -0.0172. The number of hydrogen-bond donors (Lipinski definition) is 2. The van der Waals surface area contributed by atoms with Crippen molar-refractivity contribution >= 4 is 6.03 Å². The average molecular weight is 340 g/mol. The number of carbonyl (C=O) groups is 1. The minimum atomic E-state index is -0.909. The fourth-order valence-corrected chi connectivity index (χ4v) is 3.30. The Morgan fingerprint density at radius 2 is 2.00 bits per heavy atom. The number of nitrogens with zero attached hydrogens (tertiary/aromatic N) is 3. The zero-order chi connectivity index (χ0) is 17.9. The number of piperidine rings is 1. The van der Waals surface area contributed by atoms with Gasteiger partial charge in [-0.05, 0) is 44.4 Å². The van der Waals surface area contributed by atoms with Crippen molar-refractivity contribution in [2.45, 2.75) is 38.3 Å². The number of likely N-dealkylation sites (tertiary alicyclic amines) is 1. The van der Waals surface area contributed by atoms with Crippen LogP contribution in [0.1, 0.15) is 42.6 Å². The predicted octanol–water partition coefficient (Wildman–Crippen LogP) is 2.54. The van der Waals surface area contributed by atoms with E-state index in [1.165, 1.54) is 0 Å². The second kappa shape index (κ2) is 7.19. The summed E-state index contributed by atoms with van der Waals surface area (Å²) in [6.45, 7) is 4.93. The Morgan fingerprint density at radius 1 is 1.28 bits per heavy atom. The van der Waals surface area contributed by atoms with Gasteiger partial charge in [-0.25, -0.2) is 4.79 Å². The topological polar surface area (TPSA) is 78.4 Å². The van der Waals surface area contributed by atoms with E-state index in [2.05, 4.69) is 15.3 Å². The van der Waals surface area contributed by atoms with Crippen molar-refractivity contribution in [1.82, 2.24) is 20.2 Å². The SMILES string of the molecule is Cc1cccnc1[C@@H](C)NC(=O)N1CCC(O)(c2cccnc2)CC1. The zero-order valence-electron chi connectivity index (χ0n) is 14.6. The van der Waals surface area contributed by atoms with Crippen LogP contribution in [0.15, 0.2) is 42.9 Å². The summed E-state index contributed by atoms with van der Waals surface area (Å²) in [6, 6.07) is 7.30. The van der Waals surface area contributed by atoms with Crippen LogP contribution >= 0.6 is 0 Å².